The number of carbonyl (C=O) groups excluding carboxylic acids is 1. The van der Waals surface area contributed by atoms with E-state index in [1.54, 1.807) is 29.8 Å². The predicted molar refractivity (Wildman–Crippen MR) is 119 cm³/mol. The van der Waals surface area contributed by atoms with E-state index in [0.29, 0.717) is 27.3 Å². The van der Waals surface area contributed by atoms with Crippen molar-refractivity contribution in [3.63, 3.8) is 0 Å². The van der Waals surface area contributed by atoms with Crippen LogP contribution < -0.4 is 5.32 Å². The first-order chi connectivity index (χ1) is 15.2. The van der Waals surface area contributed by atoms with Crippen molar-refractivity contribution in [3.05, 3.63) is 75.0 Å². The van der Waals surface area contributed by atoms with Gasteiger partial charge in [-0.3, -0.25) is 4.79 Å². The number of anilines is 1. The summed E-state index contributed by atoms with van der Waals surface area (Å²) in [6.45, 7) is 5.39. The zero-order valence-electron chi connectivity index (χ0n) is 17.4. The van der Waals surface area contributed by atoms with Gasteiger partial charge in [-0.05, 0) is 67.6 Å². The molecule has 2 aromatic carbocycles. The van der Waals surface area contributed by atoms with Gasteiger partial charge in [0, 0.05) is 11.3 Å². The fourth-order valence-electron chi connectivity index (χ4n) is 3.37. The summed E-state index contributed by atoms with van der Waals surface area (Å²) in [7, 11) is 0. The van der Waals surface area contributed by atoms with Gasteiger partial charge < -0.3 is 5.32 Å². The van der Waals surface area contributed by atoms with Crippen molar-refractivity contribution in [1.82, 2.24) is 30.0 Å². The number of tetrazole rings is 1. The van der Waals surface area contributed by atoms with Crippen LogP contribution in [0.1, 0.15) is 22.8 Å². The Balaban J connectivity index is 1.57. The number of aryl methyl sites for hydroxylation is 2. The number of benzene rings is 2. The van der Waals surface area contributed by atoms with Crippen LogP contribution in [-0.2, 0) is 11.2 Å². The summed E-state index contributed by atoms with van der Waals surface area (Å²) in [4.78, 5) is 12.7. The number of aromatic nitrogens is 6. The van der Waals surface area contributed by atoms with Gasteiger partial charge in [-0.1, -0.05) is 23.2 Å². The summed E-state index contributed by atoms with van der Waals surface area (Å²) in [6.07, 6.45) is 0.0204. The first-order valence-electron chi connectivity index (χ1n) is 9.60. The molecule has 4 rings (SSSR count). The lowest BCUT2D eigenvalue weighted by atomic mass is 10.1. The highest BCUT2D eigenvalue weighted by Crippen LogP contribution is 2.27. The van der Waals surface area contributed by atoms with E-state index in [4.69, 9.17) is 23.2 Å². The van der Waals surface area contributed by atoms with Crippen molar-refractivity contribution in [1.29, 1.82) is 0 Å². The standard InChI is InChI=1S/C21H18Cl2FN7O/c1-11-16(12(2)30(27-11)14-4-6-17(22)18(23)8-14)10-21(32)25-20-9-15(5-7-19(20)24)31-13(3)26-28-29-31/h4-9H,10H2,1-3H3,(H,25,32). The molecule has 0 fully saturated rings. The van der Waals surface area contributed by atoms with Crippen LogP contribution in [0.3, 0.4) is 0 Å². The average Bonchev–Trinajstić information content (AvgIpc) is 3.30. The third kappa shape index (κ3) is 4.21. The van der Waals surface area contributed by atoms with Gasteiger partial charge in [-0.2, -0.15) is 9.78 Å². The Bertz CT molecular complexity index is 1330. The number of carbonyl (C=O) groups is 1. The van der Waals surface area contributed by atoms with E-state index in [0.717, 1.165) is 16.9 Å². The zero-order valence-corrected chi connectivity index (χ0v) is 18.9. The summed E-state index contributed by atoms with van der Waals surface area (Å²) in [5.41, 5.74) is 3.49. The molecule has 1 N–H and O–H groups in total. The summed E-state index contributed by atoms with van der Waals surface area (Å²) in [5, 5.41) is 19.3. The Morgan fingerprint density at radius 3 is 2.44 bits per heavy atom. The molecule has 0 bridgehead atoms. The van der Waals surface area contributed by atoms with Crippen molar-refractivity contribution in [2.45, 2.75) is 27.2 Å². The lowest BCUT2D eigenvalue weighted by Crippen LogP contribution is -2.16. The number of halogens is 3. The molecule has 0 atom stereocenters. The Kier molecular flexibility index (Phi) is 5.94. The molecular weight excluding hydrogens is 456 g/mol. The molecule has 0 aliphatic heterocycles. The second-order valence-corrected chi connectivity index (χ2v) is 8.00. The molecule has 4 aromatic rings. The molecule has 0 saturated carbocycles. The summed E-state index contributed by atoms with van der Waals surface area (Å²) in [6, 6.07) is 9.45. The first kappa shape index (κ1) is 21.9. The zero-order chi connectivity index (χ0) is 23.0. The highest BCUT2D eigenvalue weighted by atomic mass is 35.5. The topological polar surface area (TPSA) is 90.5 Å². The number of nitrogens with one attached hydrogen (secondary N) is 1. The SMILES string of the molecule is Cc1nn(-c2ccc(Cl)c(Cl)c2)c(C)c1CC(=O)Nc1cc(-n2nnnc2C)ccc1F. The van der Waals surface area contributed by atoms with Gasteiger partial charge in [0.05, 0.1) is 39.2 Å². The molecule has 0 spiro atoms. The van der Waals surface area contributed by atoms with Gasteiger partial charge in [0.1, 0.15) is 5.82 Å². The molecule has 0 radical (unpaired) electrons. The molecular formula is C21H18Cl2FN7O. The molecule has 0 aliphatic rings. The second kappa shape index (κ2) is 8.68. The maximum absolute atomic E-state index is 14.4. The normalized spacial score (nSPS) is 11.1. The average molecular weight is 474 g/mol. The quantitative estimate of drug-likeness (QED) is 0.463. The van der Waals surface area contributed by atoms with Crippen LogP contribution >= 0.6 is 23.2 Å². The molecule has 0 saturated heterocycles. The molecule has 0 aliphatic carbocycles. The van der Waals surface area contributed by atoms with Crippen LogP contribution in [-0.4, -0.2) is 35.9 Å². The predicted octanol–water partition coefficient (Wildman–Crippen LogP) is 4.40. The molecule has 0 unspecified atom stereocenters. The van der Waals surface area contributed by atoms with E-state index >= 15 is 0 Å². The smallest absolute Gasteiger partial charge is 0.229 e. The lowest BCUT2D eigenvalue weighted by molar-refractivity contribution is -0.115. The van der Waals surface area contributed by atoms with E-state index in [1.807, 2.05) is 13.8 Å². The monoisotopic (exact) mass is 473 g/mol. The van der Waals surface area contributed by atoms with Crippen LogP contribution in [0.15, 0.2) is 36.4 Å². The highest BCUT2D eigenvalue weighted by Gasteiger charge is 2.18. The molecule has 11 heteroatoms. The Morgan fingerprint density at radius 1 is 1.03 bits per heavy atom. The fourth-order valence-corrected chi connectivity index (χ4v) is 3.66. The van der Waals surface area contributed by atoms with Crippen molar-refractivity contribution < 1.29 is 9.18 Å². The fraction of sp³-hybridized carbons (Fsp3) is 0.190. The van der Waals surface area contributed by atoms with Crippen LogP contribution in [0.5, 0.6) is 0 Å². The number of amides is 1. The number of hydrogen-bond acceptors (Lipinski definition) is 5. The molecule has 32 heavy (non-hydrogen) atoms. The van der Waals surface area contributed by atoms with Crippen molar-refractivity contribution >= 4 is 34.8 Å². The van der Waals surface area contributed by atoms with Crippen molar-refractivity contribution in [2.75, 3.05) is 5.32 Å². The van der Waals surface area contributed by atoms with Crippen LogP contribution in [0, 0.1) is 26.6 Å². The van der Waals surface area contributed by atoms with Gasteiger partial charge in [-0.25, -0.2) is 9.07 Å². The number of nitrogens with zero attached hydrogens (tertiary/aromatic N) is 6. The van der Waals surface area contributed by atoms with Crippen molar-refractivity contribution in [3.8, 4) is 11.4 Å². The van der Waals surface area contributed by atoms with Crippen LogP contribution in [0.25, 0.3) is 11.4 Å². The van der Waals surface area contributed by atoms with E-state index in [-0.39, 0.29) is 18.0 Å². The van der Waals surface area contributed by atoms with Gasteiger partial charge in [0.2, 0.25) is 5.91 Å². The Morgan fingerprint density at radius 2 is 1.75 bits per heavy atom. The highest BCUT2D eigenvalue weighted by molar-refractivity contribution is 6.42. The van der Waals surface area contributed by atoms with Gasteiger partial charge in [-0.15, -0.1) is 5.10 Å². The summed E-state index contributed by atoms with van der Waals surface area (Å²) >= 11 is 12.1. The molecule has 1 amide bonds. The minimum atomic E-state index is -0.562. The molecule has 8 nitrogen and oxygen atoms in total. The van der Waals surface area contributed by atoms with Crippen molar-refractivity contribution in [2.24, 2.45) is 0 Å². The van der Waals surface area contributed by atoms with Gasteiger partial charge >= 0.3 is 0 Å². The maximum atomic E-state index is 14.4. The first-order valence-corrected chi connectivity index (χ1v) is 10.4. The molecule has 2 heterocycles. The Labute approximate surface area is 193 Å². The van der Waals surface area contributed by atoms with Gasteiger partial charge in [0.15, 0.2) is 5.82 Å². The largest absolute Gasteiger partial charge is 0.323 e. The van der Waals surface area contributed by atoms with E-state index in [1.165, 1.54) is 22.9 Å². The molecule has 164 valence electrons. The Hall–Kier alpha value is -3.30. The van der Waals surface area contributed by atoms with E-state index in [9.17, 15) is 9.18 Å². The minimum Gasteiger partial charge on any atom is -0.323 e. The number of hydrogen-bond donors (Lipinski definition) is 1. The van der Waals surface area contributed by atoms with E-state index in [2.05, 4.69) is 25.9 Å². The van der Waals surface area contributed by atoms with Gasteiger partial charge in [0.25, 0.3) is 0 Å². The van der Waals surface area contributed by atoms with Crippen LogP contribution in [0.2, 0.25) is 10.0 Å². The third-order valence-corrected chi connectivity index (χ3v) is 5.76. The maximum Gasteiger partial charge on any atom is 0.229 e. The van der Waals surface area contributed by atoms with E-state index < -0.39 is 5.82 Å². The second-order valence-electron chi connectivity index (χ2n) is 7.19. The lowest BCUT2D eigenvalue weighted by Gasteiger charge is -2.10. The summed E-state index contributed by atoms with van der Waals surface area (Å²) in [5.74, 6) is -0.406. The minimum absolute atomic E-state index is 0.0204. The van der Waals surface area contributed by atoms with Crippen LogP contribution in [0.4, 0.5) is 10.1 Å². The third-order valence-electron chi connectivity index (χ3n) is 5.02. The number of rotatable bonds is 5. The summed E-state index contributed by atoms with van der Waals surface area (Å²) < 4.78 is 17.5. The molecule has 2 aromatic heterocycles.